The highest BCUT2D eigenvalue weighted by atomic mass is 16.5. The van der Waals surface area contributed by atoms with E-state index in [1.165, 1.54) is 70.6 Å². The van der Waals surface area contributed by atoms with Crippen LogP contribution in [0.15, 0.2) is 0 Å². The third-order valence-corrected chi connectivity index (χ3v) is 5.74. The van der Waals surface area contributed by atoms with Gasteiger partial charge in [-0.1, -0.05) is 97.8 Å². The molecule has 0 aromatic rings. The van der Waals surface area contributed by atoms with E-state index in [0.29, 0.717) is 52.5 Å². The number of esters is 1. The van der Waals surface area contributed by atoms with E-state index in [2.05, 4.69) is 20.8 Å². The van der Waals surface area contributed by atoms with E-state index in [1.54, 1.807) is 0 Å². The van der Waals surface area contributed by atoms with E-state index in [1.807, 2.05) is 0 Å². The van der Waals surface area contributed by atoms with Crippen LogP contribution in [0, 0.1) is 5.92 Å². The maximum atomic E-state index is 11.7. The maximum absolute atomic E-state index is 11.7. The second-order valence-corrected chi connectivity index (χ2v) is 9.59. The zero-order valence-electron chi connectivity index (χ0n) is 22.4. The van der Waals surface area contributed by atoms with Gasteiger partial charge in [-0.2, -0.15) is 0 Å². The van der Waals surface area contributed by atoms with Gasteiger partial charge in [0.15, 0.2) is 0 Å². The van der Waals surface area contributed by atoms with Gasteiger partial charge in [0.1, 0.15) is 0 Å². The molecular weight excluding hydrogens is 416 g/mol. The normalized spacial score (nSPS) is 11.4. The number of carbonyl (C=O) groups is 1. The lowest BCUT2D eigenvalue weighted by Crippen LogP contribution is -2.11. The van der Waals surface area contributed by atoms with E-state index < -0.39 is 0 Å². The molecule has 5 nitrogen and oxygen atoms in total. The van der Waals surface area contributed by atoms with Gasteiger partial charge in [0.2, 0.25) is 0 Å². The molecule has 0 bridgehead atoms. The zero-order valence-corrected chi connectivity index (χ0v) is 22.4. The Morgan fingerprint density at radius 1 is 0.545 bits per heavy atom. The molecule has 0 spiro atoms. The van der Waals surface area contributed by atoms with Crippen molar-refractivity contribution >= 4 is 5.97 Å². The Hall–Kier alpha value is -0.650. The van der Waals surface area contributed by atoms with Crippen molar-refractivity contribution in [2.75, 3.05) is 46.2 Å². The van der Waals surface area contributed by atoms with Crippen molar-refractivity contribution in [1.29, 1.82) is 0 Å². The lowest BCUT2D eigenvalue weighted by molar-refractivity contribution is -0.144. The first-order chi connectivity index (χ1) is 16.2. The molecule has 0 saturated carbocycles. The molecule has 0 amide bonds. The van der Waals surface area contributed by atoms with Crippen LogP contribution in [-0.4, -0.2) is 52.2 Å². The molecule has 0 aromatic heterocycles. The molecule has 0 aliphatic carbocycles. The van der Waals surface area contributed by atoms with Crippen LogP contribution in [-0.2, 0) is 23.7 Å². The Morgan fingerprint density at radius 3 is 1.58 bits per heavy atom. The summed E-state index contributed by atoms with van der Waals surface area (Å²) in [5, 5.41) is 0. The highest BCUT2D eigenvalue weighted by molar-refractivity contribution is 5.69. The predicted octanol–water partition coefficient (Wildman–Crippen LogP) is 7.50. The molecule has 198 valence electrons. The lowest BCUT2D eigenvalue weighted by Gasteiger charge is -2.08. The van der Waals surface area contributed by atoms with Crippen LogP contribution < -0.4 is 0 Å². The maximum Gasteiger partial charge on any atom is 0.305 e. The van der Waals surface area contributed by atoms with Gasteiger partial charge in [0.05, 0.1) is 33.0 Å². The summed E-state index contributed by atoms with van der Waals surface area (Å²) in [6.45, 7) is 11.1. The Kier molecular flexibility index (Phi) is 27.0. The second kappa shape index (κ2) is 27.6. The van der Waals surface area contributed by atoms with Crippen molar-refractivity contribution in [3.63, 3.8) is 0 Å². The number of hydrogen-bond acceptors (Lipinski definition) is 5. The Labute approximate surface area is 205 Å². The summed E-state index contributed by atoms with van der Waals surface area (Å²) < 4.78 is 21.9. The van der Waals surface area contributed by atoms with Crippen LogP contribution in [0.25, 0.3) is 0 Å². The molecule has 0 fully saturated rings. The third kappa shape index (κ3) is 29.3. The Balaban J connectivity index is 3.12. The van der Waals surface area contributed by atoms with Crippen molar-refractivity contribution < 1.29 is 23.7 Å². The molecule has 0 rings (SSSR count). The average molecular weight is 473 g/mol. The first kappa shape index (κ1) is 32.4. The fourth-order valence-corrected chi connectivity index (χ4v) is 3.64. The van der Waals surface area contributed by atoms with Crippen molar-refractivity contribution in [3.8, 4) is 0 Å². The predicted molar refractivity (Wildman–Crippen MR) is 138 cm³/mol. The molecule has 0 radical (unpaired) electrons. The SMILES string of the molecule is CCCCCCCCCCCOCCOCCOCCCC(=O)OCCCCCCC(C)C. The summed E-state index contributed by atoms with van der Waals surface area (Å²) in [5.74, 6) is 0.672. The van der Waals surface area contributed by atoms with Gasteiger partial charge in [-0.25, -0.2) is 0 Å². The largest absolute Gasteiger partial charge is 0.466 e. The fourth-order valence-electron chi connectivity index (χ4n) is 3.64. The number of hydrogen-bond donors (Lipinski definition) is 0. The molecule has 0 aromatic carbocycles. The van der Waals surface area contributed by atoms with E-state index >= 15 is 0 Å². The van der Waals surface area contributed by atoms with Gasteiger partial charge in [-0.15, -0.1) is 0 Å². The van der Waals surface area contributed by atoms with Crippen LogP contribution in [0.5, 0.6) is 0 Å². The van der Waals surface area contributed by atoms with Gasteiger partial charge in [-0.3, -0.25) is 4.79 Å². The number of ether oxygens (including phenoxy) is 4. The van der Waals surface area contributed by atoms with Crippen molar-refractivity contribution in [3.05, 3.63) is 0 Å². The standard InChI is InChI=1S/C28H56O5/c1-4-5-6-7-8-9-10-12-15-20-30-23-25-32-26-24-31-21-17-19-28(29)33-22-16-13-11-14-18-27(2)3/h27H,4-26H2,1-3H3. The minimum atomic E-state index is -0.110. The topological polar surface area (TPSA) is 54.0 Å². The van der Waals surface area contributed by atoms with E-state index in [0.717, 1.165) is 31.8 Å². The minimum absolute atomic E-state index is 0.110. The van der Waals surface area contributed by atoms with Gasteiger partial charge in [0, 0.05) is 19.6 Å². The summed E-state index contributed by atoms with van der Waals surface area (Å²) in [5.41, 5.74) is 0. The Bertz CT molecular complexity index is 386. The minimum Gasteiger partial charge on any atom is -0.466 e. The summed E-state index contributed by atoms with van der Waals surface area (Å²) in [4.78, 5) is 11.7. The summed E-state index contributed by atoms with van der Waals surface area (Å²) >= 11 is 0. The molecule has 0 unspecified atom stereocenters. The smallest absolute Gasteiger partial charge is 0.305 e. The number of carbonyl (C=O) groups excluding carboxylic acids is 1. The molecule has 0 atom stereocenters. The summed E-state index contributed by atoms with van der Waals surface area (Å²) in [7, 11) is 0. The molecule has 5 heteroatoms. The van der Waals surface area contributed by atoms with Crippen LogP contribution in [0.1, 0.15) is 124 Å². The third-order valence-electron chi connectivity index (χ3n) is 5.74. The van der Waals surface area contributed by atoms with Crippen LogP contribution >= 0.6 is 0 Å². The summed E-state index contributed by atoms with van der Waals surface area (Å²) in [6.07, 6.45) is 19.1. The average Bonchev–Trinajstić information content (AvgIpc) is 2.79. The number of rotatable bonds is 27. The number of unbranched alkanes of at least 4 members (excludes halogenated alkanes) is 11. The molecule has 0 aliphatic rings. The first-order valence-corrected chi connectivity index (χ1v) is 14.1. The monoisotopic (exact) mass is 472 g/mol. The highest BCUT2D eigenvalue weighted by Crippen LogP contribution is 2.10. The van der Waals surface area contributed by atoms with Gasteiger partial charge >= 0.3 is 5.97 Å². The molecule has 0 heterocycles. The highest BCUT2D eigenvalue weighted by Gasteiger charge is 2.03. The summed E-state index contributed by atoms with van der Waals surface area (Å²) in [6, 6.07) is 0. The van der Waals surface area contributed by atoms with Crippen LogP contribution in [0.2, 0.25) is 0 Å². The van der Waals surface area contributed by atoms with Crippen LogP contribution in [0.4, 0.5) is 0 Å². The van der Waals surface area contributed by atoms with Crippen molar-refractivity contribution in [2.45, 2.75) is 124 Å². The van der Waals surface area contributed by atoms with E-state index in [9.17, 15) is 4.79 Å². The quantitative estimate of drug-likeness (QED) is 0.0915. The Morgan fingerprint density at radius 2 is 1.00 bits per heavy atom. The van der Waals surface area contributed by atoms with Crippen molar-refractivity contribution in [2.24, 2.45) is 5.92 Å². The molecule has 33 heavy (non-hydrogen) atoms. The van der Waals surface area contributed by atoms with Crippen LogP contribution in [0.3, 0.4) is 0 Å². The van der Waals surface area contributed by atoms with E-state index in [4.69, 9.17) is 18.9 Å². The lowest BCUT2D eigenvalue weighted by atomic mass is 10.0. The molecule has 0 aliphatic heterocycles. The van der Waals surface area contributed by atoms with Gasteiger partial charge in [0.25, 0.3) is 0 Å². The van der Waals surface area contributed by atoms with E-state index in [-0.39, 0.29) is 5.97 Å². The first-order valence-electron chi connectivity index (χ1n) is 14.1. The van der Waals surface area contributed by atoms with Crippen molar-refractivity contribution in [1.82, 2.24) is 0 Å². The molecule has 0 N–H and O–H groups in total. The zero-order chi connectivity index (χ0) is 24.2. The van der Waals surface area contributed by atoms with Gasteiger partial charge < -0.3 is 18.9 Å². The fraction of sp³-hybridized carbons (Fsp3) is 0.964. The second-order valence-electron chi connectivity index (χ2n) is 9.59. The molecule has 0 saturated heterocycles. The molecular formula is C28H56O5. The van der Waals surface area contributed by atoms with Gasteiger partial charge in [-0.05, 0) is 25.2 Å².